The summed E-state index contributed by atoms with van der Waals surface area (Å²) >= 11 is 0. The van der Waals surface area contributed by atoms with Crippen LogP contribution in [0.15, 0.2) is 27.0 Å². The van der Waals surface area contributed by atoms with E-state index in [-0.39, 0.29) is 47.7 Å². The van der Waals surface area contributed by atoms with Crippen LogP contribution in [0.25, 0.3) is 0 Å². The van der Waals surface area contributed by atoms with Crippen molar-refractivity contribution in [2.24, 2.45) is 27.1 Å². The minimum Gasteiger partial charge on any atom is -0.391 e. The first-order chi connectivity index (χ1) is 17.8. The lowest BCUT2D eigenvalue weighted by molar-refractivity contribution is -0.0298. The molecule has 9 heteroatoms. The van der Waals surface area contributed by atoms with Crippen LogP contribution in [0.1, 0.15) is 102 Å². The smallest absolute Gasteiger partial charge is 0.336 e. The van der Waals surface area contributed by atoms with Gasteiger partial charge in [-0.05, 0) is 46.3 Å². The summed E-state index contributed by atoms with van der Waals surface area (Å²) in [5, 5.41) is 32.6. The molecule has 40 heavy (non-hydrogen) atoms. The molecule has 0 aliphatic carbocycles. The fraction of sp³-hybridized carbons (Fsp3) is 0.839. The zero-order valence-electron chi connectivity index (χ0n) is 27.2. The maximum Gasteiger partial charge on any atom is 0.336 e. The number of allylic oxidation sites excluding steroid dienone is 1. The number of aliphatic hydroxyl groups excluding tert-OH is 3. The Morgan fingerprint density at radius 2 is 0.875 bits per heavy atom. The number of rotatable bonds is 13. The van der Waals surface area contributed by atoms with Crippen molar-refractivity contribution < 1.29 is 15.3 Å². The van der Waals surface area contributed by atoms with Crippen molar-refractivity contribution >= 4 is 0 Å². The van der Waals surface area contributed by atoms with Crippen molar-refractivity contribution in [1.82, 2.24) is 13.7 Å². The molecule has 3 atom stereocenters. The third-order valence-electron chi connectivity index (χ3n) is 8.82. The molecule has 1 aromatic heterocycles. The second-order valence-electron chi connectivity index (χ2n) is 15.8. The highest BCUT2D eigenvalue weighted by Gasteiger charge is 2.47. The number of aliphatic hydroxyl groups is 3. The topological polar surface area (TPSA) is 127 Å². The van der Waals surface area contributed by atoms with Gasteiger partial charge in [-0.1, -0.05) is 89.2 Å². The van der Waals surface area contributed by atoms with Gasteiger partial charge in [0.1, 0.15) is 0 Å². The highest BCUT2D eigenvalue weighted by Crippen LogP contribution is 2.53. The maximum atomic E-state index is 13.5. The van der Waals surface area contributed by atoms with Gasteiger partial charge in [-0.25, -0.2) is 28.1 Å². The van der Waals surface area contributed by atoms with Gasteiger partial charge in [-0.2, -0.15) is 0 Å². The van der Waals surface area contributed by atoms with Crippen LogP contribution >= 0.6 is 0 Å². The summed E-state index contributed by atoms with van der Waals surface area (Å²) in [6.07, 6.45) is -0.248. The molecule has 1 aromatic rings. The predicted octanol–water partition coefficient (Wildman–Crippen LogP) is 3.78. The monoisotopic (exact) mass is 567 g/mol. The van der Waals surface area contributed by atoms with Crippen molar-refractivity contribution in [1.29, 1.82) is 0 Å². The molecular weight excluding hydrogens is 510 g/mol. The Kier molecular flexibility index (Phi) is 11.3. The summed E-state index contributed by atoms with van der Waals surface area (Å²) in [4.78, 5) is 40.4. The molecule has 0 bridgehead atoms. The number of hydrogen-bond donors (Lipinski definition) is 3. The normalized spacial score (nSPS) is 16.1. The van der Waals surface area contributed by atoms with Gasteiger partial charge < -0.3 is 15.3 Å². The van der Waals surface area contributed by atoms with Crippen molar-refractivity contribution in [2.45, 2.75) is 140 Å². The lowest BCUT2D eigenvalue weighted by Crippen LogP contribution is -2.57. The van der Waals surface area contributed by atoms with E-state index in [4.69, 9.17) is 0 Å². The Morgan fingerprint density at radius 1 is 0.600 bits per heavy atom. The Balaban J connectivity index is 3.60. The average Bonchev–Trinajstić information content (AvgIpc) is 2.74. The molecule has 0 saturated heterocycles. The molecule has 0 aliphatic heterocycles. The summed E-state index contributed by atoms with van der Waals surface area (Å²) in [7, 11) is 0. The molecule has 0 amide bonds. The largest absolute Gasteiger partial charge is 0.391 e. The first-order valence-electron chi connectivity index (χ1n) is 14.4. The van der Waals surface area contributed by atoms with Gasteiger partial charge in [0.2, 0.25) is 0 Å². The number of nitrogens with zero attached hydrogens (tertiary/aromatic N) is 3. The highest BCUT2D eigenvalue weighted by molar-refractivity contribution is 5.04. The molecule has 0 saturated carbocycles. The molecule has 1 rings (SSSR count). The van der Waals surface area contributed by atoms with Gasteiger partial charge in [0.15, 0.2) is 0 Å². The van der Waals surface area contributed by atoms with Gasteiger partial charge in [0.25, 0.3) is 0 Å². The second kappa shape index (κ2) is 12.5. The molecule has 0 fully saturated rings. The first-order valence-corrected chi connectivity index (χ1v) is 14.4. The fourth-order valence-corrected chi connectivity index (χ4v) is 5.36. The molecule has 3 unspecified atom stereocenters. The van der Waals surface area contributed by atoms with Crippen LogP contribution in [0.4, 0.5) is 0 Å². The first kappa shape index (κ1) is 36.1. The highest BCUT2D eigenvalue weighted by atomic mass is 16.3. The third kappa shape index (κ3) is 9.02. The maximum absolute atomic E-state index is 13.5. The van der Waals surface area contributed by atoms with E-state index in [1.54, 1.807) is 0 Å². The van der Waals surface area contributed by atoms with E-state index < -0.39 is 40.8 Å². The standard InChI is InChI=1S/C31H57N3O6/c1-14-29(8,9)31(12,13)30(10,11)17-23(37)20-34-25(39)32(18-21(35)15-27(2,3)4)24(38)33(26(34)40)19-22(36)16-28(5,6)7/h14,21-23,35-37H,1,15-20H2,2-13H3. The Morgan fingerprint density at radius 3 is 1.12 bits per heavy atom. The van der Waals surface area contributed by atoms with Crippen LogP contribution in [0.3, 0.4) is 0 Å². The molecule has 1 heterocycles. The summed E-state index contributed by atoms with van der Waals surface area (Å²) in [6.45, 7) is 27.1. The lowest BCUT2D eigenvalue weighted by atomic mass is 9.53. The average molecular weight is 568 g/mol. The summed E-state index contributed by atoms with van der Waals surface area (Å²) in [5.41, 5.74) is -4.15. The zero-order chi connectivity index (χ0) is 31.6. The van der Waals surface area contributed by atoms with E-state index in [0.717, 1.165) is 13.7 Å². The Labute approximate surface area is 240 Å². The number of aromatic nitrogens is 3. The molecular formula is C31H57N3O6. The van der Waals surface area contributed by atoms with E-state index in [9.17, 15) is 29.7 Å². The van der Waals surface area contributed by atoms with Crippen molar-refractivity contribution in [3.8, 4) is 0 Å². The quantitative estimate of drug-likeness (QED) is 0.312. The van der Waals surface area contributed by atoms with Crippen molar-refractivity contribution in [3.63, 3.8) is 0 Å². The van der Waals surface area contributed by atoms with Gasteiger partial charge >= 0.3 is 17.1 Å². The molecule has 3 N–H and O–H groups in total. The zero-order valence-corrected chi connectivity index (χ0v) is 27.2. The van der Waals surface area contributed by atoms with E-state index in [1.165, 1.54) is 0 Å². The number of hydrogen-bond acceptors (Lipinski definition) is 6. The van der Waals surface area contributed by atoms with Crippen LogP contribution in [-0.4, -0.2) is 47.3 Å². The van der Waals surface area contributed by atoms with Gasteiger partial charge in [-0.3, -0.25) is 0 Å². The third-order valence-corrected chi connectivity index (χ3v) is 8.82. The van der Waals surface area contributed by atoms with Crippen LogP contribution in [0, 0.1) is 27.1 Å². The molecule has 232 valence electrons. The summed E-state index contributed by atoms with van der Waals surface area (Å²) in [6, 6.07) is 0. The molecule has 0 aromatic carbocycles. The fourth-order valence-electron chi connectivity index (χ4n) is 5.36. The van der Waals surface area contributed by atoms with Gasteiger partial charge in [-0.15, -0.1) is 6.58 Å². The second-order valence-corrected chi connectivity index (χ2v) is 15.8. The van der Waals surface area contributed by atoms with Gasteiger partial charge in [0, 0.05) is 0 Å². The van der Waals surface area contributed by atoms with Crippen LogP contribution < -0.4 is 17.1 Å². The van der Waals surface area contributed by atoms with E-state index >= 15 is 0 Å². The minimum atomic E-state index is -1.07. The van der Waals surface area contributed by atoms with Crippen molar-refractivity contribution in [3.05, 3.63) is 44.1 Å². The summed E-state index contributed by atoms with van der Waals surface area (Å²) in [5.74, 6) is 0. The SMILES string of the molecule is C=CC(C)(C)C(C)(C)C(C)(C)CC(O)Cn1c(=O)n(CC(O)CC(C)(C)C)c(=O)n(CC(O)CC(C)(C)C)c1=O. The van der Waals surface area contributed by atoms with Gasteiger partial charge in [0.05, 0.1) is 37.9 Å². The van der Waals surface area contributed by atoms with E-state index in [0.29, 0.717) is 12.8 Å². The molecule has 9 nitrogen and oxygen atoms in total. The minimum absolute atomic E-state index is 0.257. The lowest BCUT2D eigenvalue weighted by Gasteiger charge is -2.51. The van der Waals surface area contributed by atoms with E-state index in [1.807, 2.05) is 61.5 Å². The van der Waals surface area contributed by atoms with Crippen LogP contribution in [-0.2, 0) is 19.6 Å². The summed E-state index contributed by atoms with van der Waals surface area (Å²) < 4.78 is 2.57. The predicted molar refractivity (Wildman–Crippen MR) is 162 cm³/mol. The van der Waals surface area contributed by atoms with Crippen LogP contribution in [0.5, 0.6) is 0 Å². The Bertz CT molecular complexity index is 1130. The molecule has 0 radical (unpaired) electrons. The molecule has 0 aliphatic rings. The Hall–Kier alpha value is -1.97. The van der Waals surface area contributed by atoms with Crippen molar-refractivity contribution in [2.75, 3.05) is 0 Å². The van der Waals surface area contributed by atoms with Crippen LogP contribution in [0.2, 0.25) is 0 Å². The molecule has 0 spiro atoms. The van der Waals surface area contributed by atoms with E-state index in [2.05, 4.69) is 34.3 Å².